The Kier molecular flexibility index (Phi) is 4.89. The van der Waals surface area contributed by atoms with E-state index in [9.17, 15) is 0 Å². The average Bonchev–Trinajstić information content (AvgIpc) is 2.61. The Hall–Kier alpha value is -0.450. The molecule has 0 aliphatic heterocycles. The lowest BCUT2D eigenvalue weighted by molar-refractivity contribution is 0.357. The summed E-state index contributed by atoms with van der Waals surface area (Å²) in [5, 5.41) is 8.15. The lowest BCUT2D eigenvalue weighted by Gasteiger charge is -2.27. The quantitative estimate of drug-likeness (QED) is 0.803. The molecule has 0 saturated carbocycles. The molecule has 0 aliphatic rings. The molecule has 92 valence electrons. The minimum atomic E-state index is 0.134. The van der Waals surface area contributed by atoms with Crippen molar-refractivity contribution in [2.75, 3.05) is 13.1 Å². The molecule has 16 heavy (non-hydrogen) atoms. The zero-order chi connectivity index (χ0) is 12.2. The summed E-state index contributed by atoms with van der Waals surface area (Å²) in [6, 6.07) is 0.330. The second-order valence-electron chi connectivity index (χ2n) is 4.83. The third-order valence-electron chi connectivity index (χ3n) is 2.52. The van der Waals surface area contributed by atoms with Gasteiger partial charge in [-0.3, -0.25) is 0 Å². The van der Waals surface area contributed by atoms with Crippen molar-refractivity contribution in [1.82, 2.24) is 15.6 Å². The van der Waals surface area contributed by atoms with E-state index in [1.54, 1.807) is 11.3 Å². The van der Waals surface area contributed by atoms with E-state index in [1.807, 2.05) is 6.20 Å². The molecule has 2 N–H and O–H groups in total. The van der Waals surface area contributed by atoms with Gasteiger partial charge in [-0.15, -0.1) is 11.3 Å². The molecule has 4 heteroatoms. The first kappa shape index (κ1) is 13.6. The number of hydrogen-bond acceptors (Lipinski definition) is 4. The first-order valence-corrected chi connectivity index (χ1v) is 6.67. The highest BCUT2D eigenvalue weighted by molar-refractivity contribution is 7.11. The van der Waals surface area contributed by atoms with Crippen molar-refractivity contribution in [3.63, 3.8) is 0 Å². The largest absolute Gasteiger partial charge is 0.311 e. The standard InChI is InChI=1S/C12H23N3S/c1-6-15-12(4,5)8-14-10(3)11-13-7-9(2)16-11/h7,10,14-15H,6,8H2,1-5H3. The summed E-state index contributed by atoms with van der Waals surface area (Å²) in [6.07, 6.45) is 1.94. The highest BCUT2D eigenvalue weighted by atomic mass is 32.1. The molecule has 0 radical (unpaired) electrons. The van der Waals surface area contributed by atoms with Crippen LogP contribution in [-0.2, 0) is 0 Å². The van der Waals surface area contributed by atoms with Gasteiger partial charge in [0.2, 0.25) is 0 Å². The van der Waals surface area contributed by atoms with Gasteiger partial charge in [0.1, 0.15) is 5.01 Å². The van der Waals surface area contributed by atoms with E-state index in [1.165, 1.54) is 9.88 Å². The molecule has 1 atom stereocenters. The smallest absolute Gasteiger partial charge is 0.109 e. The Morgan fingerprint density at radius 3 is 2.69 bits per heavy atom. The third-order valence-corrected chi connectivity index (χ3v) is 3.61. The van der Waals surface area contributed by atoms with Crippen LogP contribution in [0.5, 0.6) is 0 Å². The van der Waals surface area contributed by atoms with E-state index in [4.69, 9.17) is 0 Å². The molecule has 0 amide bonds. The number of nitrogens with one attached hydrogen (secondary N) is 2. The topological polar surface area (TPSA) is 37.0 Å². The molecule has 3 nitrogen and oxygen atoms in total. The molecule has 1 unspecified atom stereocenters. The first-order chi connectivity index (χ1) is 7.44. The molecule has 0 spiro atoms. The maximum Gasteiger partial charge on any atom is 0.109 e. The van der Waals surface area contributed by atoms with E-state index in [0.29, 0.717) is 6.04 Å². The number of aryl methyl sites for hydroxylation is 1. The maximum atomic E-state index is 4.40. The van der Waals surface area contributed by atoms with Crippen molar-refractivity contribution in [1.29, 1.82) is 0 Å². The van der Waals surface area contributed by atoms with Crippen molar-refractivity contribution in [2.24, 2.45) is 0 Å². The molecular formula is C12H23N3S. The number of nitrogens with zero attached hydrogens (tertiary/aromatic N) is 1. The number of thiazole rings is 1. The molecule has 1 aromatic heterocycles. The van der Waals surface area contributed by atoms with Gasteiger partial charge in [-0.2, -0.15) is 0 Å². The second-order valence-corrected chi connectivity index (χ2v) is 6.09. The normalized spacial score (nSPS) is 14.1. The van der Waals surface area contributed by atoms with Crippen LogP contribution in [-0.4, -0.2) is 23.6 Å². The van der Waals surface area contributed by atoms with Gasteiger partial charge in [0, 0.05) is 23.2 Å². The number of hydrogen-bond donors (Lipinski definition) is 2. The average molecular weight is 241 g/mol. The zero-order valence-electron chi connectivity index (χ0n) is 10.9. The summed E-state index contributed by atoms with van der Waals surface area (Å²) in [7, 11) is 0. The molecule has 0 bridgehead atoms. The zero-order valence-corrected chi connectivity index (χ0v) is 11.7. The van der Waals surface area contributed by atoms with Crippen LogP contribution in [0.3, 0.4) is 0 Å². The fourth-order valence-corrected chi connectivity index (χ4v) is 2.41. The molecule has 0 saturated heterocycles. The molecule has 1 heterocycles. The highest BCUT2D eigenvalue weighted by Crippen LogP contribution is 2.19. The van der Waals surface area contributed by atoms with Crippen LogP contribution in [0.25, 0.3) is 0 Å². The van der Waals surface area contributed by atoms with E-state index in [-0.39, 0.29) is 5.54 Å². The predicted octanol–water partition coefficient (Wildman–Crippen LogP) is 2.49. The van der Waals surface area contributed by atoms with Gasteiger partial charge in [-0.1, -0.05) is 6.92 Å². The van der Waals surface area contributed by atoms with Gasteiger partial charge in [0.05, 0.1) is 6.04 Å². The van der Waals surface area contributed by atoms with E-state index in [0.717, 1.165) is 13.1 Å². The van der Waals surface area contributed by atoms with Crippen LogP contribution in [0.15, 0.2) is 6.20 Å². The monoisotopic (exact) mass is 241 g/mol. The van der Waals surface area contributed by atoms with Crippen molar-refractivity contribution in [2.45, 2.75) is 46.2 Å². The lowest BCUT2D eigenvalue weighted by Crippen LogP contribution is -2.47. The van der Waals surface area contributed by atoms with Crippen LogP contribution in [0.2, 0.25) is 0 Å². The maximum absolute atomic E-state index is 4.40. The molecule has 0 fully saturated rings. The lowest BCUT2D eigenvalue weighted by atomic mass is 10.1. The van der Waals surface area contributed by atoms with E-state index in [2.05, 4.69) is 50.2 Å². The molecule has 0 aliphatic carbocycles. The second kappa shape index (κ2) is 5.75. The Labute approximate surface area is 103 Å². The van der Waals surface area contributed by atoms with Crippen LogP contribution in [0.4, 0.5) is 0 Å². The van der Waals surface area contributed by atoms with Crippen molar-refractivity contribution in [3.05, 3.63) is 16.1 Å². The molecule has 0 aromatic carbocycles. The summed E-state index contributed by atoms with van der Waals surface area (Å²) in [4.78, 5) is 5.67. The van der Waals surface area contributed by atoms with Crippen LogP contribution in [0.1, 0.15) is 43.6 Å². The summed E-state index contributed by atoms with van der Waals surface area (Å²) < 4.78 is 0. The minimum Gasteiger partial charge on any atom is -0.311 e. The highest BCUT2D eigenvalue weighted by Gasteiger charge is 2.18. The van der Waals surface area contributed by atoms with E-state index < -0.39 is 0 Å². The van der Waals surface area contributed by atoms with Crippen molar-refractivity contribution in [3.8, 4) is 0 Å². The summed E-state index contributed by atoms with van der Waals surface area (Å²) >= 11 is 1.77. The minimum absolute atomic E-state index is 0.134. The van der Waals surface area contributed by atoms with Gasteiger partial charge >= 0.3 is 0 Å². The number of likely N-dealkylation sites (N-methyl/N-ethyl adjacent to an activating group) is 1. The summed E-state index contributed by atoms with van der Waals surface area (Å²) in [6.45, 7) is 12.8. The number of aromatic nitrogens is 1. The van der Waals surface area contributed by atoms with Crippen LogP contribution in [0, 0.1) is 6.92 Å². The van der Waals surface area contributed by atoms with Crippen molar-refractivity contribution < 1.29 is 0 Å². The van der Waals surface area contributed by atoms with Crippen molar-refractivity contribution >= 4 is 11.3 Å². The third kappa shape index (κ3) is 4.20. The Balaban J connectivity index is 2.43. The van der Waals surface area contributed by atoms with Gasteiger partial charge in [-0.25, -0.2) is 4.98 Å². The van der Waals surface area contributed by atoms with Gasteiger partial charge in [0.15, 0.2) is 0 Å². The first-order valence-electron chi connectivity index (χ1n) is 5.85. The summed E-state index contributed by atoms with van der Waals surface area (Å²) in [5.74, 6) is 0. The van der Waals surface area contributed by atoms with Gasteiger partial charge in [0.25, 0.3) is 0 Å². The van der Waals surface area contributed by atoms with Crippen LogP contribution >= 0.6 is 11.3 Å². The fourth-order valence-electron chi connectivity index (χ4n) is 1.61. The van der Waals surface area contributed by atoms with Crippen LogP contribution < -0.4 is 10.6 Å². The molecule has 1 rings (SSSR count). The van der Waals surface area contributed by atoms with Gasteiger partial charge in [-0.05, 0) is 34.2 Å². The Morgan fingerprint density at radius 1 is 1.50 bits per heavy atom. The summed E-state index contributed by atoms with van der Waals surface area (Å²) in [5.41, 5.74) is 0.134. The molecular weight excluding hydrogens is 218 g/mol. The number of rotatable bonds is 6. The van der Waals surface area contributed by atoms with Gasteiger partial charge < -0.3 is 10.6 Å². The predicted molar refractivity (Wildman–Crippen MR) is 71.0 cm³/mol. The molecule has 1 aromatic rings. The Morgan fingerprint density at radius 2 is 2.19 bits per heavy atom. The SMILES string of the molecule is CCNC(C)(C)CNC(C)c1ncc(C)s1. The van der Waals surface area contributed by atoms with E-state index >= 15 is 0 Å². The Bertz CT molecular complexity index is 320. The fraction of sp³-hybridized carbons (Fsp3) is 0.750.